The van der Waals surface area contributed by atoms with Crippen LogP contribution in [0.25, 0.3) is 5.69 Å². The number of pyridine rings is 1. The van der Waals surface area contributed by atoms with Crippen LogP contribution in [-0.4, -0.2) is 20.4 Å². The molecule has 0 bridgehead atoms. The normalized spacial score (nSPS) is 11.9. The van der Waals surface area contributed by atoms with E-state index in [-0.39, 0.29) is 11.9 Å². The second-order valence-electron chi connectivity index (χ2n) is 6.05. The van der Waals surface area contributed by atoms with E-state index < -0.39 is 0 Å². The van der Waals surface area contributed by atoms with E-state index in [2.05, 4.69) is 15.3 Å². The van der Waals surface area contributed by atoms with Crippen molar-refractivity contribution in [3.05, 3.63) is 78.1 Å². The molecule has 1 N–H and O–H groups in total. The average Bonchev–Trinajstić information content (AvgIpc) is 3.07. The largest absolute Gasteiger partial charge is 0.350 e. The summed E-state index contributed by atoms with van der Waals surface area (Å²) in [4.78, 5) is 20.6. The zero-order valence-electron chi connectivity index (χ0n) is 14.5. The zero-order valence-corrected chi connectivity index (χ0v) is 14.5. The number of carbonyl (C=O) groups is 1. The van der Waals surface area contributed by atoms with Gasteiger partial charge in [0.2, 0.25) is 5.91 Å². The Morgan fingerprint density at radius 3 is 2.56 bits per heavy atom. The van der Waals surface area contributed by atoms with E-state index in [1.807, 2.05) is 67.1 Å². The number of benzene rings is 1. The molecule has 0 aliphatic carbocycles. The molecule has 0 aliphatic heterocycles. The number of hydrogen-bond acceptors (Lipinski definition) is 3. The quantitative estimate of drug-likeness (QED) is 0.752. The lowest BCUT2D eigenvalue weighted by Gasteiger charge is -2.15. The number of carbonyl (C=O) groups excluding carboxylic acids is 1. The first-order valence-electron chi connectivity index (χ1n) is 8.43. The monoisotopic (exact) mass is 334 g/mol. The summed E-state index contributed by atoms with van der Waals surface area (Å²) in [5, 5.41) is 3.05. The van der Waals surface area contributed by atoms with E-state index in [1.54, 1.807) is 12.4 Å². The molecule has 1 atom stereocenters. The lowest BCUT2D eigenvalue weighted by atomic mass is 10.1. The molecular formula is C20H22N4O. The van der Waals surface area contributed by atoms with Crippen molar-refractivity contribution in [2.24, 2.45) is 0 Å². The summed E-state index contributed by atoms with van der Waals surface area (Å²) in [6.45, 7) is 3.97. The average molecular weight is 334 g/mol. The Labute approximate surface area is 147 Å². The Morgan fingerprint density at radius 1 is 1.12 bits per heavy atom. The number of nitrogens with one attached hydrogen (secondary N) is 1. The number of aromatic nitrogens is 3. The summed E-state index contributed by atoms with van der Waals surface area (Å²) < 4.78 is 2.03. The summed E-state index contributed by atoms with van der Waals surface area (Å²) in [7, 11) is 0. The number of aryl methyl sites for hydroxylation is 2. The number of nitrogens with zero attached hydrogens (tertiary/aromatic N) is 3. The highest BCUT2D eigenvalue weighted by Crippen LogP contribution is 2.17. The van der Waals surface area contributed by atoms with Crippen LogP contribution in [0.1, 0.15) is 36.5 Å². The van der Waals surface area contributed by atoms with E-state index in [1.165, 1.54) is 0 Å². The van der Waals surface area contributed by atoms with Crippen LogP contribution in [0.15, 0.2) is 61.1 Å². The van der Waals surface area contributed by atoms with Crippen LogP contribution in [0.3, 0.4) is 0 Å². The van der Waals surface area contributed by atoms with Crippen molar-refractivity contribution in [2.75, 3.05) is 0 Å². The molecule has 0 aliphatic rings. The minimum absolute atomic E-state index is 0.0332. The molecule has 3 rings (SSSR count). The third-order valence-electron chi connectivity index (χ3n) is 4.21. The van der Waals surface area contributed by atoms with Crippen molar-refractivity contribution in [3.8, 4) is 5.69 Å². The van der Waals surface area contributed by atoms with Crippen molar-refractivity contribution < 1.29 is 4.79 Å². The summed E-state index contributed by atoms with van der Waals surface area (Å²) >= 11 is 0. The predicted molar refractivity (Wildman–Crippen MR) is 97.4 cm³/mol. The molecule has 1 aromatic carbocycles. The molecule has 1 amide bonds. The molecule has 5 nitrogen and oxygen atoms in total. The Bertz CT molecular complexity index is 824. The van der Waals surface area contributed by atoms with Gasteiger partial charge in [-0.15, -0.1) is 0 Å². The molecular weight excluding hydrogens is 312 g/mol. The minimum atomic E-state index is -0.0332. The summed E-state index contributed by atoms with van der Waals surface area (Å²) in [6, 6.07) is 13.9. The predicted octanol–water partition coefficient (Wildman–Crippen LogP) is 3.39. The van der Waals surface area contributed by atoms with Gasteiger partial charge in [-0.2, -0.15) is 0 Å². The van der Waals surface area contributed by atoms with Crippen LogP contribution >= 0.6 is 0 Å². The Morgan fingerprint density at radius 2 is 1.92 bits per heavy atom. The highest BCUT2D eigenvalue weighted by atomic mass is 16.1. The third kappa shape index (κ3) is 4.32. The first-order valence-corrected chi connectivity index (χ1v) is 8.43. The summed E-state index contributed by atoms with van der Waals surface area (Å²) in [6.07, 6.45) is 6.56. The highest BCUT2D eigenvalue weighted by molar-refractivity contribution is 5.76. The Kier molecular flexibility index (Phi) is 5.23. The maximum atomic E-state index is 12.1. The number of amides is 1. The lowest BCUT2D eigenvalue weighted by molar-refractivity contribution is -0.121. The molecule has 128 valence electrons. The van der Waals surface area contributed by atoms with Crippen LogP contribution in [0, 0.1) is 6.92 Å². The molecule has 2 aromatic heterocycles. The van der Waals surface area contributed by atoms with Crippen LogP contribution in [-0.2, 0) is 11.2 Å². The topological polar surface area (TPSA) is 59.8 Å². The van der Waals surface area contributed by atoms with Gasteiger partial charge in [0.1, 0.15) is 5.82 Å². The molecule has 0 saturated heterocycles. The fraction of sp³-hybridized carbons (Fsp3) is 0.250. The van der Waals surface area contributed by atoms with E-state index in [9.17, 15) is 4.79 Å². The molecule has 0 radical (unpaired) electrons. The van der Waals surface area contributed by atoms with Crippen LogP contribution < -0.4 is 5.32 Å². The second-order valence-corrected chi connectivity index (χ2v) is 6.05. The molecule has 5 heteroatoms. The van der Waals surface area contributed by atoms with Crippen molar-refractivity contribution >= 4 is 5.91 Å². The smallest absolute Gasteiger partial charge is 0.220 e. The van der Waals surface area contributed by atoms with Gasteiger partial charge in [-0.3, -0.25) is 9.78 Å². The number of hydrogen-bond donors (Lipinski definition) is 1. The first kappa shape index (κ1) is 16.9. The van der Waals surface area contributed by atoms with Gasteiger partial charge in [-0.25, -0.2) is 4.98 Å². The van der Waals surface area contributed by atoms with Gasteiger partial charge in [-0.1, -0.05) is 18.2 Å². The standard InChI is InChI=1S/C20H22N4O/c1-15(23-20(25)11-8-18-5-3-4-12-22-18)17-6-9-19(10-7-17)24-14-13-21-16(24)2/h3-7,9-10,12-15H,8,11H2,1-2H3,(H,23,25). The van der Waals surface area contributed by atoms with Crippen molar-refractivity contribution in [2.45, 2.75) is 32.7 Å². The summed E-state index contributed by atoms with van der Waals surface area (Å²) in [5.74, 6) is 0.983. The third-order valence-corrected chi connectivity index (χ3v) is 4.21. The molecule has 25 heavy (non-hydrogen) atoms. The first-order chi connectivity index (χ1) is 12.1. The SMILES string of the molecule is Cc1nccn1-c1ccc(C(C)NC(=O)CCc2ccccn2)cc1. The van der Waals surface area contributed by atoms with Crippen molar-refractivity contribution in [1.29, 1.82) is 0 Å². The van der Waals surface area contributed by atoms with Crippen LogP contribution in [0.2, 0.25) is 0 Å². The van der Waals surface area contributed by atoms with Gasteiger partial charge in [0, 0.05) is 36.4 Å². The number of rotatable bonds is 6. The molecule has 3 aromatic rings. The fourth-order valence-corrected chi connectivity index (χ4v) is 2.76. The highest BCUT2D eigenvalue weighted by Gasteiger charge is 2.10. The molecule has 0 fully saturated rings. The van der Waals surface area contributed by atoms with Gasteiger partial charge in [0.05, 0.1) is 6.04 Å². The fourth-order valence-electron chi connectivity index (χ4n) is 2.76. The minimum Gasteiger partial charge on any atom is -0.350 e. The maximum absolute atomic E-state index is 12.1. The molecule has 2 heterocycles. The maximum Gasteiger partial charge on any atom is 0.220 e. The van der Waals surface area contributed by atoms with Gasteiger partial charge in [0.15, 0.2) is 0 Å². The second kappa shape index (κ2) is 7.75. The van der Waals surface area contributed by atoms with Gasteiger partial charge in [0.25, 0.3) is 0 Å². The molecule has 1 unspecified atom stereocenters. The van der Waals surface area contributed by atoms with Crippen molar-refractivity contribution in [1.82, 2.24) is 19.9 Å². The molecule has 0 spiro atoms. The van der Waals surface area contributed by atoms with E-state index in [4.69, 9.17) is 0 Å². The Balaban J connectivity index is 1.56. The van der Waals surface area contributed by atoms with E-state index in [0.29, 0.717) is 12.8 Å². The van der Waals surface area contributed by atoms with Gasteiger partial charge < -0.3 is 9.88 Å². The van der Waals surface area contributed by atoms with Crippen molar-refractivity contribution in [3.63, 3.8) is 0 Å². The van der Waals surface area contributed by atoms with E-state index in [0.717, 1.165) is 22.8 Å². The number of imidazole rings is 1. The van der Waals surface area contributed by atoms with Crippen LogP contribution in [0.5, 0.6) is 0 Å². The molecule has 0 saturated carbocycles. The van der Waals surface area contributed by atoms with Gasteiger partial charge in [-0.05, 0) is 50.1 Å². The lowest BCUT2D eigenvalue weighted by Crippen LogP contribution is -2.26. The van der Waals surface area contributed by atoms with E-state index >= 15 is 0 Å². The van der Waals surface area contributed by atoms with Gasteiger partial charge >= 0.3 is 0 Å². The zero-order chi connectivity index (χ0) is 17.6. The summed E-state index contributed by atoms with van der Waals surface area (Å²) in [5.41, 5.74) is 3.07. The van der Waals surface area contributed by atoms with Crippen LogP contribution in [0.4, 0.5) is 0 Å². The Hall–Kier alpha value is -2.95.